The molecule has 1 aromatic rings. The number of nitrogens with zero attached hydrogens (tertiary/aromatic N) is 3. The average molecular weight is 183 g/mol. The van der Waals surface area contributed by atoms with Crippen molar-refractivity contribution in [3.05, 3.63) is 11.9 Å². The van der Waals surface area contributed by atoms with Crippen molar-refractivity contribution >= 4 is 0 Å². The van der Waals surface area contributed by atoms with Gasteiger partial charge in [-0.1, -0.05) is 5.21 Å². The Bertz CT molecular complexity index is 245. The van der Waals surface area contributed by atoms with Gasteiger partial charge in [0, 0.05) is 19.1 Å². The van der Waals surface area contributed by atoms with Gasteiger partial charge in [-0.05, 0) is 20.8 Å². The molecule has 0 unspecified atom stereocenters. The van der Waals surface area contributed by atoms with E-state index in [0.717, 1.165) is 25.3 Å². The van der Waals surface area contributed by atoms with Crippen LogP contribution in [0.1, 0.15) is 32.5 Å². The quantitative estimate of drug-likeness (QED) is 0.648. The molecule has 4 heteroatoms. The summed E-state index contributed by atoms with van der Waals surface area (Å²) in [5.41, 5.74) is 1.14. The second kappa shape index (κ2) is 4.97. The Labute approximate surface area is 78.9 Å². The highest BCUT2D eigenvalue weighted by Crippen LogP contribution is 2.06. The van der Waals surface area contributed by atoms with Gasteiger partial charge in [0.15, 0.2) is 0 Å². The monoisotopic (exact) mass is 183 g/mol. The molecule has 0 radical (unpaired) electrons. The molecule has 0 saturated carbocycles. The zero-order valence-electron chi connectivity index (χ0n) is 8.53. The van der Waals surface area contributed by atoms with Gasteiger partial charge in [0.05, 0.1) is 18.5 Å². The molecule has 0 atom stereocenters. The maximum atomic E-state index is 5.27. The Hall–Kier alpha value is -0.900. The first-order valence-corrected chi connectivity index (χ1v) is 4.72. The number of ether oxygens (including phenoxy) is 1. The van der Waals surface area contributed by atoms with Gasteiger partial charge < -0.3 is 4.74 Å². The van der Waals surface area contributed by atoms with Crippen LogP contribution in [-0.2, 0) is 11.2 Å². The molecule has 1 rings (SSSR count). The van der Waals surface area contributed by atoms with Crippen molar-refractivity contribution in [2.75, 3.05) is 13.2 Å². The molecular formula is C9H17N3O. The van der Waals surface area contributed by atoms with Crippen molar-refractivity contribution in [1.29, 1.82) is 0 Å². The smallest absolute Gasteiger partial charge is 0.0726 e. The molecule has 0 aromatic carbocycles. The molecule has 13 heavy (non-hydrogen) atoms. The predicted octanol–water partition coefficient (Wildman–Crippen LogP) is 1.44. The molecule has 0 aliphatic rings. The summed E-state index contributed by atoms with van der Waals surface area (Å²) in [4.78, 5) is 0. The first-order chi connectivity index (χ1) is 6.25. The molecular weight excluding hydrogens is 166 g/mol. The van der Waals surface area contributed by atoms with Crippen LogP contribution in [0.5, 0.6) is 0 Å². The molecule has 0 aliphatic heterocycles. The summed E-state index contributed by atoms with van der Waals surface area (Å²) in [6.45, 7) is 7.70. The third-order valence-corrected chi connectivity index (χ3v) is 1.84. The molecule has 0 amide bonds. The highest BCUT2D eigenvalue weighted by molar-refractivity contribution is 4.95. The largest absolute Gasteiger partial charge is 0.381 e. The molecule has 0 N–H and O–H groups in total. The molecule has 0 fully saturated rings. The zero-order chi connectivity index (χ0) is 9.68. The van der Waals surface area contributed by atoms with Crippen LogP contribution in [0.3, 0.4) is 0 Å². The van der Waals surface area contributed by atoms with E-state index in [2.05, 4.69) is 24.2 Å². The summed E-state index contributed by atoms with van der Waals surface area (Å²) in [5, 5.41) is 7.89. The number of rotatable bonds is 5. The lowest BCUT2D eigenvalue weighted by molar-refractivity contribution is 0.149. The SMILES string of the molecule is CCOCCc1cnnn1C(C)C. The lowest BCUT2D eigenvalue weighted by atomic mass is 10.3. The normalized spacial score (nSPS) is 11.1. The van der Waals surface area contributed by atoms with Crippen LogP contribution in [0, 0.1) is 0 Å². The third kappa shape index (κ3) is 2.81. The van der Waals surface area contributed by atoms with Crippen LogP contribution in [0.25, 0.3) is 0 Å². The fourth-order valence-corrected chi connectivity index (χ4v) is 1.20. The first kappa shape index (κ1) is 10.2. The minimum absolute atomic E-state index is 0.374. The van der Waals surface area contributed by atoms with Gasteiger partial charge in [-0.15, -0.1) is 5.10 Å². The number of hydrogen-bond donors (Lipinski definition) is 0. The number of aromatic nitrogens is 3. The standard InChI is InChI=1S/C9H17N3O/c1-4-13-6-5-9-7-10-11-12(9)8(2)3/h7-8H,4-6H2,1-3H3. The van der Waals surface area contributed by atoms with Crippen molar-refractivity contribution in [3.8, 4) is 0 Å². The van der Waals surface area contributed by atoms with Crippen molar-refractivity contribution in [3.63, 3.8) is 0 Å². The summed E-state index contributed by atoms with van der Waals surface area (Å²) in [5.74, 6) is 0. The lowest BCUT2D eigenvalue weighted by Gasteiger charge is -2.08. The van der Waals surface area contributed by atoms with Gasteiger partial charge in [-0.25, -0.2) is 4.68 Å². The molecule has 0 aliphatic carbocycles. The fraction of sp³-hybridized carbons (Fsp3) is 0.778. The van der Waals surface area contributed by atoms with Crippen molar-refractivity contribution < 1.29 is 4.74 Å². The van der Waals surface area contributed by atoms with Gasteiger partial charge in [0.2, 0.25) is 0 Å². The molecule has 4 nitrogen and oxygen atoms in total. The third-order valence-electron chi connectivity index (χ3n) is 1.84. The van der Waals surface area contributed by atoms with Gasteiger partial charge in [0.25, 0.3) is 0 Å². The molecule has 1 aromatic heterocycles. The van der Waals surface area contributed by atoms with E-state index in [1.165, 1.54) is 0 Å². The summed E-state index contributed by atoms with van der Waals surface area (Å²) in [6, 6.07) is 0.374. The lowest BCUT2D eigenvalue weighted by Crippen LogP contribution is -2.09. The molecule has 0 spiro atoms. The topological polar surface area (TPSA) is 39.9 Å². The summed E-state index contributed by atoms with van der Waals surface area (Å²) in [6.07, 6.45) is 2.69. The van der Waals surface area contributed by atoms with Crippen LogP contribution < -0.4 is 0 Å². The molecule has 0 bridgehead atoms. The van der Waals surface area contributed by atoms with Crippen LogP contribution >= 0.6 is 0 Å². The van der Waals surface area contributed by atoms with Crippen molar-refractivity contribution in [2.45, 2.75) is 33.2 Å². The van der Waals surface area contributed by atoms with E-state index in [4.69, 9.17) is 4.74 Å². The minimum atomic E-state index is 0.374. The highest BCUT2D eigenvalue weighted by Gasteiger charge is 2.05. The average Bonchev–Trinajstić information content (AvgIpc) is 2.53. The Morgan fingerprint density at radius 3 is 2.92 bits per heavy atom. The highest BCUT2D eigenvalue weighted by atomic mass is 16.5. The predicted molar refractivity (Wildman–Crippen MR) is 50.6 cm³/mol. The van der Waals surface area contributed by atoms with Gasteiger partial charge in [0.1, 0.15) is 0 Å². The fourth-order valence-electron chi connectivity index (χ4n) is 1.20. The Balaban J connectivity index is 2.50. The first-order valence-electron chi connectivity index (χ1n) is 4.72. The van der Waals surface area contributed by atoms with E-state index >= 15 is 0 Å². The van der Waals surface area contributed by atoms with E-state index in [-0.39, 0.29) is 0 Å². The number of hydrogen-bond acceptors (Lipinski definition) is 3. The van der Waals surface area contributed by atoms with E-state index in [0.29, 0.717) is 6.04 Å². The second-order valence-electron chi connectivity index (χ2n) is 3.21. The van der Waals surface area contributed by atoms with E-state index in [9.17, 15) is 0 Å². The maximum Gasteiger partial charge on any atom is 0.0726 e. The van der Waals surface area contributed by atoms with E-state index in [1.54, 1.807) is 6.20 Å². The van der Waals surface area contributed by atoms with Crippen molar-refractivity contribution in [2.24, 2.45) is 0 Å². The Kier molecular flexibility index (Phi) is 3.89. The van der Waals surface area contributed by atoms with Crippen LogP contribution in [-0.4, -0.2) is 28.2 Å². The van der Waals surface area contributed by atoms with Crippen LogP contribution in [0.4, 0.5) is 0 Å². The molecule has 0 saturated heterocycles. The summed E-state index contributed by atoms with van der Waals surface area (Å²) >= 11 is 0. The van der Waals surface area contributed by atoms with E-state index in [1.807, 2.05) is 11.6 Å². The van der Waals surface area contributed by atoms with Gasteiger partial charge in [-0.3, -0.25) is 0 Å². The Morgan fingerprint density at radius 1 is 1.54 bits per heavy atom. The molecule has 1 heterocycles. The van der Waals surface area contributed by atoms with Gasteiger partial charge >= 0.3 is 0 Å². The minimum Gasteiger partial charge on any atom is -0.381 e. The Morgan fingerprint density at radius 2 is 2.31 bits per heavy atom. The van der Waals surface area contributed by atoms with E-state index < -0.39 is 0 Å². The van der Waals surface area contributed by atoms with Crippen molar-refractivity contribution in [1.82, 2.24) is 15.0 Å². The second-order valence-corrected chi connectivity index (χ2v) is 3.21. The maximum absolute atomic E-state index is 5.27. The zero-order valence-corrected chi connectivity index (χ0v) is 8.53. The summed E-state index contributed by atoms with van der Waals surface area (Å²) < 4.78 is 7.20. The van der Waals surface area contributed by atoms with Crippen LogP contribution in [0.15, 0.2) is 6.20 Å². The summed E-state index contributed by atoms with van der Waals surface area (Å²) in [7, 11) is 0. The van der Waals surface area contributed by atoms with Crippen LogP contribution in [0.2, 0.25) is 0 Å². The van der Waals surface area contributed by atoms with Gasteiger partial charge in [-0.2, -0.15) is 0 Å². The molecule has 74 valence electrons.